The summed E-state index contributed by atoms with van der Waals surface area (Å²) in [6, 6.07) is 7.65. The third-order valence-corrected chi connectivity index (χ3v) is 7.57. The van der Waals surface area contributed by atoms with Gasteiger partial charge in [0.1, 0.15) is 5.75 Å². The molecule has 4 heteroatoms. The highest BCUT2D eigenvalue weighted by Crippen LogP contribution is 2.59. The van der Waals surface area contributed by atoms with Crippen LogP contribution in [-0.4, -0.2) is 16.7 Å². The predicted octanol–water partition coefficient (Wildman–Crippen LogP) is 5.27. The summed E-state index contributed by atoms with van der Waals surface area (Å²) in [5, 5.41) is 9.51. The Bertz CT molecular complexity index is 649. The molecule has 4 nitrogen and oxygen atoms in total. The summed E-state index contributed by atoms with van der Waals surface area (Å²) in [6.07, 6.45) is 9.95. The number of rotatable bonds is 2. The van der Waals surface area contributed by atoms with Crippen LogP contribution in [0, 0.1) is 17.8 Å². The maximum Gasteiger partial charge on any atom is 0.210 e. The molecule has 1 N–H and O–H groups in total. The number of aromatic hydroxyl groups is 1. The molecule has 3 saturated carbocycles. The lowest BCUT2D eigenvalue weighted by Gasteiger charge is -2.43. The lowest BCUT2D eigenvalue weighted by molar-refractivity contribution is -0.376. The van der Waals surface area contributed by atoms with Crippen molar-refractivity contribution in [3.8, 4) is 5.75 Å². The largest absolute Gasteiger partial charge is 0.508 e. The molecule has 0 aromatic heterocycles. The van der Waals surface area contributed by atoms with Crippen molar-refractivity contribution >= 4 is 0 Å². The van der Waals surface area contributed by atoms with Crippen LogP contribution in [0.25, 0.3) is 0 Å². The zero-order chi connectivity index (χ0) is 17.8. The van der Waals surface area contributed by atoms with Gasteiger partial charge < -0.3 is 9.84 Å². The Morgan fingerprint density at radius 2 is 1.77 bits per heavy atom. The van der Waals surface area contributed by atoms with Gasteiger partial charge in [0.15, 0.2) is 0 Å². The summed E-state index contributed by atoms with van der Waals surface area (Å²) in [7, 11) is 0. The zero-order valence-electron chi connectivity index (χ0n) is 15.7. The molecule has 4 unspecified atom stereocenters. The topological polar surface area (TPSA) is 47.9 Å². The molecule has 2 bridgehead atoms. The predicted molar refractivity (Wildman–Crippen MR) is 97.3 cm³/mol. The highest BCUT2D eigenvalue weighted by molar-refractivity contribution is 5.28. The van der Waals surface area contributed by atoms with Crippen molar-refractivity contribution < 1.29 is 19.6 Å². The van der Waals surface area contributed by atoms with Crippen molar-refractivity contribution in [3.05, 3.63) is 29.8 Å². The molecule has 142 valence electrons. The maximum atomic E-state index is 9.51. The second-order valence-electron chi connectivity index (χ2n) is 8.98. The van der Waals surface area contributed by atoms with Gasteiger partial charge in [-0.2, -0.15) is 9.78 Å². The van der Waals surface area contributed by atoms with E-state index >= 15 is 0 Å². The molecule has 1 aromatic rings. The summed E-state index contributed by atoms with van der Waals surface area (Å²) < 4.78 is 6.77. The van der Waals surface area contributed by atoms with E-state index in [2.05, 4.69) is 6.92 Å². The molecule has 4 aliphatic rings. The first-order chi connectivity index (χ1) is 12.6. The standard InChI is InChI=1S/C22H30O4/c1-2-18-13-15-3-6-19(14-15)22(18)24-21(25-26-22)11-9-17(10-12-21)16-4-7-20(23)8-5-16/h4-5,7-8,15,17-19,23H,2-3,6,9-14H2,1H3/t15?,17-,18?,19?,21+,22?. The van der Waals surface area contributed by atoms with Gasteiger partial charge in [-0.1, -0.05) is 19.1 Å². The van der Waals surface area contributed by atoms with E-state index in [1.54, 1.807) is 12.1 Å². The molecular formula is C22H30O4. The molecular weight excluding hydrogens is 328 g/mol. The number of phenols is 1. The first-order valence-corrected chi connectivity index (χ1v) is 10.5. The molecule has 2 spiro atoms. The molecule has 4 atom stereocenters. The van der Waals surface area contributed by atoms with E-state index in [1.165, 1.54) is 31.2 Å². The highest BCUT2D eigenvalue weighted by Gasteiger charge is 2.63. The Hall–Kier alpha value is -1.10. The number of hydrogen-bond donors (Lipinski definition) is 1. The lowest BCUT2D eigenvalue weighted by Crippen LogP contribution is -2.50. The zero-order valence-corrected chi connectivity index (χ0v) is 15.7. The van der Waals surface area contributed by atoms with Crippen LogP contribution in [0.3, 0.4) is 0 Å². The van der Waals surface area contributed by atoms with Gasteiger partial charge in [-0.05, 0) is 74.5 Å². The maximum absolute atomic E-state index is 9.51. The molecule has 0 amide bonds. The molecule has 4 fully saturated rings. The monoisotopic (exact) mass is 358 g/mol. The first-order valence-electron chi connectivity index (χ1n) is 10.5. The van der Waals surface area contributed by atoms with Gasteiger partial charge in [0.2, 0.25) is 11.6 Å². The van der Waals surface area contributed by atoms with Gasteiger partial charge in [-0.3, -0.25) is 0 Å². The van der Waals surface area contributed by atoms with Crippen LogP contribution in [0.5, 0.6) is 5.75 Å². The molecule has 5 rings (SSSR count). The molecule has 1 aromatic carbocycles. The van der Waals surface area contributed by atoms with Crippen LogP contribution >= 0.6 is 0 Å². The normalized spacial score (nSPS) is 44.8. The molecule has 0 radical (unpaired) electrons. The van der Waals surface area contributed by atoms with E-state index in [0.29, 0.717) is 23.5 Å². The third-order valence-electron chi connectivity index (χ3n) is 7.57. The first kappa shape index (κ1) is 17.0. The Morgan fingerprint density at radius 3 is 2.50 bits per heavy atom. The SMILES string of the molecule is CCC1CC2CCC(C2)C12OO[C@]1(CC[C@@H](c3ccc(O)cc3)CC1)O2. The fraction of sp³-hybridized carbons (Fsp3) is 0.727. The fourth-order valence-corrected chi connectivity index (χ4v) is 6.10. The van der Waals surface area contributed by atoms with Crippen LogP contribution in [0.2, 0.25) is 0 Å². The van der Waals surface area contributed by atoms with Gasteiger partial charge in [0, 0.05) is 24.7 Å². The molecule has 1 aliphatic heterocycles. The summed E-state index contributed by atoms with van der Waals surface area (Å²) in [5.74, 6) is 1.63. The van der Waals surface area contributed by atoms with Gasteiger partial charge >= 0.3 is 0 Å². The van der Waals surface area contributed by atoms with Crippen molar-refractivity contribution in [2.45, 2.75) is 82.2 Å². The quantitative estimate of drug-likeness (QED) is 0.732. The smallest absolute Gasteiger partial charge is 0.210 e. The number of fused-ring (bicyclic) bond motifs is 3. The Kier molecular flexibility index (Phi) is 4.07. The van der Waals surface area contributed by atoms with Crippen molar-refractivity contribution in [1.29, 1.82) is 0 Å². The average molecular weight is 358 g/mol. The number of benzene rings is 1. The molecule has 3 aliphatic carbocycles. The van der Waals surface area contributed by atoms with E-state index in [4.69, 9.17) is 14.5 Å². The number of phenolic OH excluding ortho intramolecular Hbond substituents is 1. The number of ether oxygens (including phenoxy) is 1. The summed E-state index contributed by atoms with van der Waals surface area (Å²) in [5.41, 5.74) is 1.30. The second-order valence-corrected chi connectivity index (χ2v) is 8.98. The van der Waals surface area contributed by atoms with Gasteiger partial charge in [0.25, 0.3) is 0 Å². The van der Waals surface area contributed by atoms with Gasteiger partial charge in [0.05, 0.1) is 0 Å². The minimum absolute atomic E-state index is 0.330. The minimum atomic E-state index is -0.545. The molecule has 26 heavy (non-hydrogen) atoms. The molecule has 1 saturated heterocycles. The van der Waals surface area contributed by atoms with Crippen molar-refractivity contribution in [1.82, 2.24) is 0 Å². The van der Waals surface area contributed by atoms with Crippen LogP contribution in [0.1, 0.15) is 76.2 Å². The Balaban J connectivity index is 1.31. The van der Waals surface area contributed by atoms with Crippen LogP contribution in [0.4, 0.5) is 0 Å². The van der Waals surface area contributed by atoms with Crippen LogP contribution in [-0.2, 0) is 14.5 Å². The van der Waals surface area contributed by atoms with Crippen molar-refractivity contribution in [2.24, 2.45) is 17.8 Å². The summed E-state index contributed by atoms with van der Waals surface area (Å²) in [4.78, 5) is 12.1. The second kappa shape index (κ2) is 6.22. The van der Waals surface area contributed by atoms with Gasteiger partial charge in [-0.15, -0.1) is 0 Å². The summed E-state index contributed by atoms with van der Waals surface area (Å²) in [6.45, 7) is 2.26. The van der Waals surface area contributed by atoms with E-state index in [1.807, 2.05) is 12.1 Å². The molecule has 1 heterocycles. The third kappa shape index (κ3) is 2.61. The van der Waals surface area contributed by atoms with Crippen molar-refractivity contribution in [2.75, 3.05) is 0 Å². The van der Waals surface area contributed by atoms with Crippen LogP contribution < -0.4 is 0 Å². The fourth-order valence-electron chi connectivity index (χ4n) is 6.10. The van der Waals surface area contributed by atoms with E-state index < -0.39 is 11.6 Å². The van der Waals surface area contributed by atoms with E-state index in [0.717, 1.165) is 38.0 Å². The van der Waals surface area contributed by atoms with Crippen LogP contribution in [0.15, 0.2) is 24.3 Å². The van der Waals surface area contributed by atoms with Crippen molar-refractivity contribution in [3.63, 3.8) is 0 Å². The minimum Gasteiger partial charge on any atom is -0.508 e. The van der Waals surface area contributed by atoms with E-state index in [-0.39, 0.29) is 0 Å². The number of hydrogen-bond acceptors (Lipinski definition) is 4. The lowest BCUT2D eigenvalue weighted by atomic mass is 9.74. The highest BCUT2D eigenvalue weighted by atomic mass is 17.3. The average Bonchev–Trinajstić information content (AvgIpc) is 3.24. The Morgan fingerprint density at radius 1 is 1.00 bits per heavy atom. The van der Waals surface area contributed by atoms with Gasteiger partial charge in [-0.25, -0.2) is 0 Å². The summed E-state index contributed by atoms with van der Waals surface area (Å²) >= 11 is 0. The van der Waals surface area contributed by atoms with E-state index in [9.17, 15) is 5.11 Å². The Labute approximate surface area is 155 Å².